The molecule has 2 aromatic rings. The fourth-order valence-corrected chi connectivity index (χ4v) is 3.29. The molecule has 1 aromatic carbocycles. The van der Waals surface area contributed by atoms with E-state index < -0.39 is 0 Å². The van der Waals surface area contributed by atoms with Crippen LogP contribution in [0.15, 0.2) is 48.8 Å². The lowest BCUT2D eigenvalue weighted by Gasteiger charge is -2.26. The average Bonchev–Trinajstić information content (AvgIpc) is 2.69. The summed E-state index contributed by atoms with van der Waals surface area (Å²) in [6.07, 6.45) is 7.57. The third kappa shape index (κ3) is 5.54. The SMILES string of the molecule is C[C@H](Cc1ccncc1)NC(=O)Nc1ccc(C(=O)N2CCCCC2)cc1. The molecule has 142 valence electrons. The second-order valence-corrected chi connectivity index (χ2v) is 6.99. The van der Waals surface area contributed by atoms with Crippen molar-refractivity contribution < 1.29 is 9.59 Å². The number of pyridine rings is 1. The van der Waals surface area contributed by atoms with Crippen LogP contribution in [-0.4, -0.2) is 41.0 Å². The van der Waals surface area contributed by atoms with Crippen LogP contribution in [0.25, 0.3) is 0 Å². The number of piperidine rings is 1. The quantitative estimate of drug-likeness (QED) is 0.851. The molecule has 1 atom stereocenters. The molecule has 1 aliphatic rings. The van der Waals surface area contributed by atoms with Gasteiger partial charge in [-0.2, -0.15) is 0 Å². The molecule has 0 spiro atoms. The van der Waals surface area contributed by atoms with Crippen LogP contribution >= 0.6 is 0 Å². The Morgan fingerprint density at radius 3 is 2.37 bits per heavy atom. The normalized spacial score (nSPS) is 15.1. The molecule has 6 heteroatoms. The smallest absolute Gasteiger partial charge is 0.319 e. The fraction of sp³-hybridized carbons (Fsp3) is 0.381. The molecule has 0 radical (unpaired) electrons. The van der Waals surface area contributed by atoms with Crippen LogP contribution in [0, 0.1) is 0 Å². The Bertz CT molecular complexity index is 756. The maximum Gasteiger partial charge on any atom is 0.319 e. The Kier molecular flexibility index (Phi) is 6.41. The minimum atomic E-state index is -0.258. The number of anilines is 1. The molecular formula is C21H26N4O2. The molecule has 3 rings (SSSR count). The number of nitrogens with one attached hydrogen (secondary N) is 2. The summed E-state index contributed by atoms with van der Waals surface area (Å²) in [4.78, 5) is 30.5. The lowest BCUT2D eigenvalue weighted by Crippen LogP contribution is -2.37. The molecule has 27 heavy (non-hydrogen) atoms. The van der Waals surface area contributed by atoms with Crippen LogP contribution in [0.5, 0.6) is 0 Å². The van der Waals surface area contributed by atoms with Gasteiger partial charge in [0.15, 0.2) is 0 Å². The van der Waals surface area contributed by atoms with Crippen molar-refractivity contribution in [1.82, 2.24) is 15.2 Å². The number of carbonyl (C=O) groups is 2. The third-order valence-corrected chi connectivity index (χ3v) is 4.70. The molecule has 1 aromatic heterocycles. The summed E-state index contributed by atoms with van der Waals surface area (Å²) < 4.78 is 0. The number of benzene rings is 1. The van der Waals surface area contributed by atoms with E-state index in [0.717, 1.165) is 37.9 Å². The zero-order valence-electron chi connectivity index (χ0n) is 15.6. The van der Waals surface area contributed by atoms with Crippen molar-refractivity contribution in [3.63, 3.8) is 0 Å². The van der Waals surface area contributed by atoms with Crippen LogP contribution in [0.3, 0.4) is 0 Å². The monoisotopic (exact) mass is 366 g/mol. The molecule has 1 aliphatic heterocycles. The van der Waals surface area contributed by atoms with Gasteiger partial charge in [-0.3, -0.25) is 9.78 Å². The van der Waals surface area contributed by atoms with E-state index in [9.17, 15) is 9.59 Å². The maximum atomic E-state index is 12.5. The molecule has 6 nitrogen and oxygen atoms in total. The zero-order valence-corrected chi connectivity index (χ0v) is 15.6. The molecule has 2 N–H and O–H groups in total. The Balaban J connectivity index is 1.50. The first-order chi connectivity index (χ1) is 13.1. The van der Waals surface area contributed by atoms with Gasteiger partial charge >= 0.3 is 6.03 Å². The second-order valence-electron chi connectivity index (χ2n) is 6.99. The predicted molar refractivity (Wildman–Crippen MR) is 106 cm³/mol. The van der Waals surface area contributed by atoms with Crippen LogP contribution < -0.4 is 10.6 Å². The Labute approximate surface area is 160 Å². The molecule has 0 aliphatic carbocycles. The molecule has 1 fully saturated rings. The van der Waals surface area contributed by atoms with Crippen molar-refractivity contribution >= 4 is 17.6 Å². The highest BCUT2D eigenvalue weighted by atomic mass is 16.2. The van der Waals surface area contributed by atoms with E-state index in [2.05, 4.69) is 15.6 Å². The number of amides is 3. The molecule has 1 saturated heterocycles. The Morgan fingerprint density at radius 1 is 1.04 bits per heavy atom. The van der Waals surface area contributed by atoms with Crippen molar-refractivity contribution in [3.05, 3.63) is 59.9 Å². The van der Waals surface area contributed by atoms with Gasteiger partial charge in [-0.05, 0) is 74.6 Å². The van der Waals surface area contributed by atoms with Gasteiger partial charge in [0.25, 0.3) is 5.91 Å². The lowest BCUT2D eigenvalue weighted by molar-refractivity contribution is 0.0724. The van der Waals surface area contributed by atoms with Crippen molar-refractivity contribution in [1.29, 1.82) is 0 Å². The van der Waals surface area contributed by atoms with E-state index in [1.54, 1.807) is 36.7 Å². The average molecular weight is 366 g/mol. The van der Waals surface area contributed by atoms with Crippen molar-refractivity contribution in [3.8, 4) is 0 Å². The van der Waals surface area contributed by atoms with E-state index in [4.69, 9.17) is 0 Å². The maximum absolute atomic E-state index is 12.5. The highest BCUT2D eigenvalue weighted by Gasteiger charge is 2.18. The van der Waals surface area contributed by atoms with E-state index in [0.29, 0.717) is 11.3 Å². The van der Waals surface area contributed by atoms with Gasteiger partial charge in [-0.15, -0.1) is 0 Å². The lowest BCUT2D eigenvalue weighted by atomic mass is 10.1. The summed E-state index contributed by atoms with van der Waals surface area (Å²) in [6.45, 7) is 3.62. The van der Waals surface area contributed by atoms with Gasteiger partial charge in [-0.25, -0.2) is 4.79 Å². The van der Waals surface area contributed by atoms with E-state index in [-0.39, 0.29) is 18.0 Å². The second kappa shape index (κ2) is 9.16. The zero-order chi connectivity index (χ0) is 19.1. The summed E-state index contributed by atoms with van der Waals surface area (Å²) in [7, 11) is 0. The first-order valence-electron chi connectivity index (χ1n) is 9.47. The number of hydrogen-bond acceptors (Lipinski definition) is 3. The van der Waals surface area contributed by atoms with Gasteiger partial charge in [0.2, 0.25) is 0 Å². The van der Waals surface area contributed by atoms with Crippen LogP contribution in [0.2, 0.25) is 0 Å². The van der Waals surface area contributed by atoms with Crippen molar-refractivity contribution in [2.75, 3.05) is 18.4 Å². The van der Waals surface area contributed by atoms with E-state index >= 15 is 0 Å². The van der Waals surface area contributed by atoms with E-state index in [1.807, 2.05) is 24.0 Å². The standard InChI is InChI=1S/C21H26N4O2/c1-16(15-17-9-11-22-12-10-17)23-21(27)24-19-7-5-18(6-8-19)20(26)25-13-3-2-4-14-25/h5-12,16H,2-4,13-15H2,1H3,(H2,23,24,27)/t16-/m1/s1. The topological polar surface area (TPSA) is 74.3 Å². The third-order valence-electron chi connectivity index (χ3n) is 4.70. The number of hydrogen-bond donors (Lipinski definition) is 2. The summed E-state index contributed by atoms with van der Waals surface area (Å²) in [5.74, 6) is 0.0664. The predicted octanol–water partition coefficient (Wildman–Crippen LogP) is 3.46. The molecule has 3 amide bonds. The summed E-state index contributed by atoms with van der Waals surface area (Å²) >= 11 is 0. The molecule has 0 bridgehead atoms. The fourth-order valence-electron chi connectivity index (χ4n) is 3.29. The highest BCUT2D eigenvalue weighted by molar-refractivity contribution is 5.95. The van der Waals surface area contributed by atoms with Gasteiger partial charge in [0.05, 0.1) is 0 Å². The van der Waals surface area contributed by atoms with Gasteiger partial charge in [0.1, 0.15) is 0 Å². The summed E-state index contributed by atoms with van der Waals surface area (Å²) in [5.41, 5.74) is 2.45. The highest BCUT2D eigenvalue weighted by Crippen LogP contribution is 2.15. The van der Waals surface area contributed by atoms with Crippen LogP contribution in [0.1, 0.15) is 42.1 Å². The number of urea groups is 1. The van der Waals surface area contributed by atoms with Gasteiger partial charge < -0.3 is 15.5 Å². The Hall–Kier alpha value is -2.89. The largest absolute Gasteiger partial charge is 0.339 e. The van der Waals surface area contributed by atoms with Crippen LogP contribution in [0.4, 0.5) is 10.5 Å². The molecular weight excluding hydrogens is 340 g/mol. The minimum absolute atomic E-state index is 0.00708. The number of nitrogens with zero attached hydrogens (tertiary/aromatic N) is 2. The molecule has 2 heterocycles. The van der Waals surface area contributed by atoms with E-state index in [1.165, 1.54) is 6.42 Å². The molecule has 0 saturated carbocycles. The summed E-state index contributed by atoms with van der Waals surface area (Å²) in [6, 6.07) is 10.7. The molecule has 0 unspecified atom stereocenters. The minimum Gasteiger partial charge on any atom is -0.339 e. The van der Waals surface area contributed by atoms with Crippen molar-refractivity contribution in [2.45, 2.75) is 38.6 Å². The number of likely N-dealkylation sites (tertiary alicyclic amines) is 1. The first-order valence-corrected chi connectivity index (χ1v) is 9.47. The number of aromatic nitrogens is 1. The Morgan fingerprint density at radius 2 is 1.70 bits per heavy atom. The van der Waals surface area contributed by atoms with Gasteiger partial charge in [-0.1, -0.05) is 0 Å². The van der Waals surface area contributed by atoms with Crippen LogP contribution in [-0.2, 0) is 6.42 Å². The van der Waals surface area contributed by atoms with Crippen molar-refractivity contribution in [2.24, 2.45) is 0 Å². The number of carbonyl (C=O) groups excluding carboxylic acids is 2. The summed E-state index contributed by atoms with van der Waals surface area (Å²) in [5, 5.41) is 5.74. The number of rotatable bonds is 5. The first kappa shape index (κ1) is 18.9. The van der Waals surface area contributed by atoms with Gasteiger partial charge in [0, 0.05) is 42.8 Å².